The third-order valence-corrected chi connectivity index (χ3v) is 15.5. The molecule has 0 bridgehead atoms. The van der Waals surface area contributed by atoms with Crippen LogP contribution in [0.4, 0.5) is 21.0 Å². The molecular formula is C66H68Cl2N14O6. The van der Waals surface area contributed by atoms with Crippen LogP contribution in [0.3, 0.4) is 0 Å². The molecule has 20 nitrogen and oxygen atoms in total. The second-order valence-electron chi connectivity index (χ2n) is 23.9. The van der Waals surface area contributed by atoms with Crippen molar-refractivity contribution in [3.63, 3.8) is 0 Å². The Morgan fingerprint density at radius 2 is 0.886 bits per heavy atom. The minimum atomic E-state index is -0.511. The van der Waals surface area contributed by atoms with Gasteiger partial charge in [-0.05, 0) is 150 Å². The van der Waals surface area contributed by atoms with E-state index >= 15 is 0 Å². The van der Waals surface area contributed by atoms with Crippen LogP contribution in [0.15, 0.2) is 134 Å². The molecular weight excluding hydrogens is 1160 g/mol. The summed E-state index contributed by atoms with van der Waals surface area (Å²) < 4.78 is 11.0. The van der Waals surface area contributed by atoms with Gasteiger partial charge in [0.1, 0.15) is 11.2 Å². The fourth-order valence-corrected chi connectivity index (χ4v) is 10.9. The quantitative estimate of drug-likeness (QED) is 0.0891. The lowest BCUT2D eigenvalue weighted by atomic mass is 10.0. The smallest absolute Gasteiger partial charge is 0.410 e. The molecule has 88 heavy (non-hydrogen) atoms. The highest BCUT2D eigenvalue weighted by Crippen LogP contribution is 2.28. The van der Waals surface area contributed by atoms with E-state index in [-0.39, 0.29) is 24.0 Å². The highest BCUT2D eigenvalue weighted by Gasteiger charge is 2.28. The van der Waals surface area contributed by atoms with Crippen molar-refractivity contribution in [1.82, 2.24) is 60.8 Å². The molecule has 0 unspecified atom stereocenters. The zero-order valence-corrected chi connectivity index (χ0v) is 51.4. The number of pyridine rings is 4. The Hall–Kier alpha value is -9.40. The summed E-state index contributed by atoms with van der Waals surface area (Å²) in [6.07, 6.45) is 7.68. The molecule has 12 rings (SSSR count). The molecule has 2 aliphatic rings. The molecule has 452 valence electrons. The number of carbonyl (C=O) groups excluding carboxylic acids is 4. The summed E-state index contributed by atoms with van der Waals surface area (Å²) >= 11 is 12.3. The first-order valence-corrected chi connectivity index (χ1v) is 29.9. The first-order chi connectivity index (χ1) is 42.2. The summed E-state index contributed by atoms with van der Waals surface area (Å²) in [5.74, 6) is -0.393. The van der Waals surface area contributed by atoms with Gasteiger partial charge in [0.15, 0.2) is 0 Å². The minimum absolute atomic E-state index is 0.197. The zero-order valence-electron chi connectivity index (χ0n) is 49.9. The van der Waals surface area contributed by atoms with Crippen LogP contribution in [0.25, 0.3) is 43.6 Å². The van der Waals surface area contributed by atoms with Gasteiger partial charge in [0.05, 0.1) is 70.3 Å². The van der Waals surface area contributed by atoms with Gasteiger partial charge in [0.2, 0.25) is 0 Å². The van der Waals surface area contributed by atoms with E-state index in [0.29, 0.717) is 99.5 Å². The van der Waals surface area contributed by atoms with Gasteiger partial charge in [0, 0.05) is 132 Å². The van der Waals surface area contributed by atoms with E-state index in [4.69, 9.17) is 32.7 Å². The number of benzene rings is 4. The number of halogens is 2. The second kappa shape index (κ2) is 25.9. The lowest BCUT2D eigenvalue weighted by Crippen LogP contribution is -2.50. The van der Waals surface area contributed by atoms with E-state index < -0.39 is 11.2 Å². The Morgan fingerprint density at radius 3 is 1.28 bits per heavy atom. The minimum Gasteiger partial charge on any atom is -0.444 e. The highest BCUT2D eigenvalue weighted by molar-refractivity contribution is 6.31. The Morgan fingerprint density at radius 1 is 0.489 bits per heavy atom. The van der Waals surface area contributed by atoms with Crippen molar-refractivity contribution in [2.24, 2.45) is 0 Å². The Labute approximate surface area is 518 Å². The number of nitrogens with one attached hydrogen (secondary N) is 4. The molecule has 0 saturated carbocycles. The molecule has 2 fully saturated rings. The number of fused-ring (bicyclic) bond motifs is 4. The molecule has 4 aromatic carbocycles. The molecule has 0 spiro atoms. The summed E-state index contributed by atoms with van der Waals surface area (Å²) in [4.78, 5) is 77.3. The second-order valence-corrected chi connectivity index (χ2v) is 24.7. The number of hydrogen-bond acceptors (Lipinski definition) is 14. The van der Waals surface area contributed by atoms with Crippen LogP contribution in [0.1, 0.15) is 96.2 Å². The SMILES string of the molecule is CC(C)(C)OC(=O)N1CCN(c2cnc3ccc(Cc4cc(C(=O)NCc5[nH]nc6ccc(Cl)cc56)ccn4)cc3c2)CC1.CC(C)(C)OC(=O)N1CCN(c2cnc3ccc(Cc4cc(C(=O)NCc5[nH]nc6ccc(Cl)cc56)ccn4)cc3c2)CC1. The van der Waals surface area contributed by atoms with Crippen molar-refractivity contribution in [2.45, 2.75) is 78.7 Å². The van der Waals surface area contributed by atoms with Crippen molar-refractivity contribution in [2.75, 3.05) is 62.2 Å². The molecule has 6 aromatic heterocycles. The van der Waals surface area contributed by atoms with E-state index in [1.54, 1.807) is 46.5 Å². The molecule has 22 heteroatoms. The molecule has 0 radical (unpaired) electrons. The molecule has 0 atom stereocenters. The lowest BCUT2D eigenvalue weighted by Gasteiger charge is -2.36. The van der Waals surface area contributed by atoms with Gasteiger partial charge in [-0.25, -0.2) is 9.59 Å². The number of amides is 4. The van der Waals surface area contributed by atoms with Crippen LogP contribution in [-0.2, 0) is 35.4 Å². The standard InChI is InChI=1S/2C33H34ClN7O3/c2*1-33(2,3)44-32(43)41-12-10-40(11-13-41)26-17-23-14-21(4-6-28(23)36-19-26)15-25-16-22(8-9-35-25)31(42)37-20-30-27-18-24(34)5-7-29(27)38-39-30/h2*4-9,14,16-19H,10-13,15,20H2,1-3H3,(H,37,42)(H,38,39). The summed E-state index contributed by atoms with van der Waals surface area (Å²) in [6.45, 7) is 17.0. The van der Waals surface area contributed by atoms with Crippen LogP contribution in [0.5, 0.6) is 0 Å². The summed E-state index contributed by atoms with van der Waals surface area (Å²) in [5.41, 5.74) is 10.8. The zero-order chi connectivity index (χ0) is 61.7. The third-order valence-electron chi connectivity index (χ3n) is 15.0. The van der Waals surface area contributed by atoms with E-state index in [0.717, 1.165) is 88.9 Å². The fourth-order valence-electron chi connectivity index (χ4n) is 10.6. The van der Waals surface area contributed by atoms with E-state index in [9.17, 15) is 19.2 Å². The molecule has 10 aromatic rings. The van der Waals surface area contributed by atoms with Crippen LogP contribution < -0.4 is 20.4 Å². The first kappa shape index (κ1) is 60.3. The Kier molecular flexibility index (Phi) is 17.7. The van der Waals surface area contributed by atoms with Gasteiger partial charge in [-0.15, -0.1) is 0 Å². The number of rotatable bonds is 12. The van der Waals surface area contributed by atoms with Crippen molar-refractivity contribution in [3.8, 4) is 0 Å². The molecule has 2 aliphatic heterocycles. The van der Waals surface area contributed by atoms with Crippen LogP contribution in [-0.4, -0.2) is 138 Å². The summed E-state index contributed by atoms with van der Waals surface area (Å²) in [7, 11) is 0. The number of anilines is 2. The number of carbonyl (C=O) groups is 4. The van der Waals surface area contributed by atoms with Crippen LogP contribution in [0, 0.1) is 0 Å². The maximum absolute atomic E-state index is 13.0. The first-order valence-electron chi connectivity index (χ1n) is 29.2. The summed E-state index contributed by atoms with van der Waals surface area (Å²) in [6, 6.07) is 34.6. The average Bonchev–Trinajstić information content (AvgIpc) is 3.75. The average molecular weight is 1220 g/mol. The number of ether oxygens (including phenoxy) is 2. The van der Waals surface area contributed by atoms with E-state index in [1.807, 2.05) is 115 Å². The Balaban J connectivity index is 0.000000182. The molecule has 0 aliphatic carbocycles. The number of nitrogens with zero attached hydrogens (tertiary/aromatic N) is 10. The van der Waals surface area contributed by atoms with Gasteiger partial charge in [-0.1, -0.05) is 35.3 Å². The normalized spacial score (nSPS) is 13.8. The number of hydrogen-bond donors (Lipinski definition) is 4. The number of aromatic amines is 2. The number of piperazine rings is 2. The largest absolute Gasteiger partial charge is 0.444 e. The van der Waals surface area contributed by atoms with Crippen LogP contribution >= 0.6 is 23.2 Å². The topological polar surface area (TPSA) is 233 Å². The molecule has 2 saturated heterocycles. The fraction of sp³-hybridized carbons (Fsp3) is 0.303. The van der Waals surface area contributed by atoms with Crippen molar-refractivity contribution in [1.29, 1.82) is 0 Å². The predicted molar refractivity (Wildman–Crippen MR) is 342 cm³/mol. The Bertz CT molecular complexity index is 3950. The maximum atomic E-state index is 13.0. The van der Waals surface area contributed by atoms with Gasteiger partial charge in [-0.3, -0.25) is 39.7 Å². The molecule has 8 heterocycles. The lowest BCUT2D eigenvalue weighted by molar-refractivity contribution is 0.0230. The maximum Gasteiger partial charge on any atom is 0.410 e. The summed E-state index contributed by atoms with van der Waals surface area (Å²) in [5, 5.41) is 25.5. The highest BCUT2D eigenvalue weighted by atomic mass is 35.5. The van der Waals surface area contributed by atoms with Crippen molar-refractivity contribution >= 4 is 102 Å². The number of aromatic nitrogens is 8. The van der Waals surface area contributed by atoms with Gasteiger partial charge >= 0.3 is 12.2 Å². The predicted octanol–water partition coefficient (Wildman–Crippen LogP) is 11.5. The van der Waals surface area contributed by atoms with E-state index in [2.05, 4.69) is 85.0 Å². The third kappa shape index (κ3) is 15.0. The van der Waals surface area contributed by atoms with Crippen molar-refractivity contribution < 1.29 is 28.7 Å². The monoisotopic (exact) mass is 1220 g/mol. The molecule has 4 N–H and O–H groups in total. The van der Waals surface area contributed by atoms with E-state index in [1.165, 1.54) is 0 Å². The van der Waals surface area contributed by atoms with Crippen molar-refractivity contribution in [3.05, 3.63) is 189 Å². The van der Waals surface area contributed by atoms with Gasteiger partial charge in [0.25, 0.3) is 11.8 Å². The molecule has 4 amide bonds. The van der Waals surface area contributed by atoms with Gasteiger partial charge < -0.3 is 39.7 Å². The van der Waals surface area contributed by atoms with Gasteiger partial charge in [-0.2, -0.15) is 10.2 Å². The van der Waals surface area contributed by atoms with Crippen LogP contribution in [0.2, 0.25) is 10.0 Å². The number of H-pyrrole nitrogens is 2.